The summed E-state index contributed by atoms with van der Waals surface area (Å²) in [4.78, 5) is 2.49. The molecular weight excluding hydrogens is 351 g/mol. The topological polar surface area (TPSA) is 24.5 Å². The highest BCUT2D eigenvalue weighted by molar-refractivity contribution is 9.10. The van der Waals surface area contributed by atoms with Gasteiger partial charge in [-0.15, -0.1) is 24.8 Å². The molecule has 3 nitrogen and oxygen atoms in total. The van der Waals surface area contributed by atoms with Crippen LogP contribution in [0.5, 0.6) is 5.75 Å². The number of fused-ring (bicyclic) bond motifs is 1. The standard InChI is InChI=1S/C13H17BrN2O.2ClH/c14-11-1-2-13-10(7-11)8-12(17-13)9-16-5-3-15-4-6-16;;/h1-2,7,12,15H,3-6,8-9H2;2*1H. The number of benzene rings is 1. The third-order valence-electron chi connectivity index (χ3n) is 3.44. The Bertz CT molecular complexity index is 414. The molecule has 0 aliphatic carbocycles. The van der Waals surface area contributed by atoms with Crippen LogP contribution < -0.4 is 10.1 Å². The average Bonchev–Trinajstić information content (AvgIpc) is 2.71. The van der Waals surface area contributed by atoms with E-state index in [1.165, 1.54) is 5.56 Å². The van der Waals surface area contributed by atoms with Crippen LogP contribution in [0.1, 0.15) is 5.56 Å². The van der Waals surface area contributed by atoms with Crippen LogP contribution in [0, 0.1) is 0 Å². The molecule has 1 aromatic carbocycles. The number of nitrogens with zero attached hydrogens (tertiary/aromatic N) is 1. The van der Waals surface area contributed by atoms with Crippen molar-refractivity contribution in [2.24, 2.45) is 0 Å². The lowest BCUT2D eigenvalue weighted by Gasteiger charge is -2.29. The molecule has 2 aliphatic rings. The van der Waals surface area contributed by atoms with Crippen molar-refractivity contribution >= 4 is 40.7 Å². The Morgan fingerprint density at radius 1 is 1.26 bits per heavy atom. The van der Waals surface area contributed by atoms with E-state index >= 15 is 0 Å². The zero-order valence-electron chi connectivity index (χ0n) is 10.6. The lowest BCUT2D eigenvalue weighted by Crippen LogP contribution is -2.47. The first-order chi connectivity index (χ1) is 8.31. The van der Waals surface area contributed by atoms with E-state index in [0.29, 0.717) is 6.10 Å². The molecule has 0 bridgehead atoms. The molecular formula is C13H19BrCl2N2O. The van der Waals surface area contributed by atoms with Gasteiger partial charge in [0.05, 0.1) is 0 Å². The average molecular weight is 370 g/mol. The van der Waals surface area contributed by atoms with Crippen LogP contribution in [0.25, 0.3) is 0 Å². The lowest BCUT2D eigenvalue weighted by molar-refractivity contribution is 0.139. The quantitative estimate of drug-likeness (QED) is 0.866. The first kappa shape index (κ1) is 17.1. The number of rotatable bonds is 2. The number of ether oxygens (including phenoxy) is 1. The number of hydrogen-bond donors (Lipinski definition) is 1. The summed E-state index contributed by atoms with van der Waals surface area (Å²) in [7, 11) is 0. The van der Waals surface area contributed by atoms with Crippen LogP contribution >= 0.6 is 40.7 Å². The van der Waals surface area contributed by atoms with Crippen molar-refractivity contribution < 1.29 is 4.74 Å². The summed E-state index contributed by atoms with van der Waals surface area (Å²) in [5.74, 6) is 1.06. The molecule has 3 rings (SSSR count). The van der Waals surface area contributed by atoms with Gasteiger partial charge in [0.1, 0.15) is 11.9 Å². The molecule has 0 spiro atoms. The molecule has 1 atom stereocenters. The SMILES string of the molecule is Brc1ccc2c(c1)CC(CN1CCNCC1)O2.Cl.Cl. The third-order valence-corrected chi connectivity index (χ3v) is 3.93. The number of halogens is 3. The summed E-state index contributed by atoms with van der Waals surface area (Å²) in [6, 6.07) is 6.29. The highest BCUT2D eigenvalue weighted by atomic mass is 79.9. The summed E-state index contributed by atoms with van der Waals surface area (Å²) in [5, 5.41) is 3.38. The zero-order valence-corrected chi connectivity index (χ0v) is 13.8. The van der Waals surface area contributed by atoms with Crippen LogP contribution in [0.4, 0.5) is 0 Å². The Balaban J connectivity index is 0.000000902. The van der Waals surface area contributed by atoms with Crippen molar-refractivity contribution in [3.63, 3.8) is 0 Å². The molecule has 108 valence electrons. The second kappa shape index (κ2) is 7.70. The van der Waals surface area contributed by atoms with Crippen LogP contribution in [-0.2, 0) is 6.42 Å². The molecule has 1 fully saturated rings. The fraction of sp³-hybridized carbons (Fsp3) is 0.538. The number of piperazine rings is 1. The summed E-state index contributed by atoms with van der Waals surface area (Å²) < 4.78 is 7.12. The fourth-order valence-corrected chi connectivity index (χ4v) is 2.98. The van der Waals surface area contributed by atoms with Crippen molar-refractivity contribution in [1.82, 2.24) is 10.2 Å². The number of nitrogens with one attached hydrogen (secondary N) is 1. The normalized spacial score (nSPS) is 21.8. The van der Waals surface area contributed by atoms with Crippen molar-refractivity contribution in [2.75, 3.05) is 32.7 Å². The van der Waals surface area contributed by atoms with E-state index in [1.54, 1.807) is 0 Å². The molecule has 0 saturated carbocycles. The van der Waals surface area contributed by atoms with Gasteiger partial charge in [-0.3, -0.25) is 4.90 Å². The molecule has 1 saturated heterocycles. The van der Waals surface area contributed by atoms with E-state index < -0.39 is 0 Å². The molecule has 2 aliphatic heterocycles. The molecule has 0 aromatic heterocycles. The maximum Gasteiger partial charge on any atom is 0.123 e. The Morgan fingerprint density at radius 2 is 2.00 bits per heavy atom. The van der Waals surface area contributed by atoms with Gasteiger partial charge in [0, 0.05) is 43.6 Å². The van der Waals surface area contributed by atoms with Gasteiger partial charge in [0.2, 0.25) is 0 Å². The largest absolute Gasteiger partial charge is 0.488 e. The van der Waals surface area contributed by atoms with E-state index in [4.69, 9.17) is 4.74 Å². The predicted octanol–water partition coefficient (Wildman–Crippen LogP) is 2.50. The first-order valence-corrected chi connectivity index (χ1v) is 6.99. The maximum absolute atomic E-state index is 5.98. The van der Waals surface area contributed by atoms with E-state index in [1.807, 2.05) is 6.07 Å². The fourth-order valence-electron chi connectivity index (χ4n) is 2.57. The van der Waals surface area contributed by atoms with E-state index in [0.717, 1.165) is 49.4 Å². The molecule has 1 aromatic rings. The Kier molecular flexibility index (Phi) is 6.91. The molecule has 0 radical (unpaired) electrons. The maximum atomic E-state index is 5.98. The van der Waals surface area contributed by atoms with Gasteiger partial charge in [0.25, 0.3) is 0 Å². The summed E-state index contributed by atoms with van der Waals surface area (Å²) in [5.41, 5.74) is 1.33. The Hall–Kier alpha value is -0.000000000000000111. The van der Waals surface area contributed by atoms with Crippen LogP contribution in [0.15, 0.2) is 22.7 Å². The van der Waals surface area contributed by atoms with Crippen LogP contribution in [0.3, 0.4) is 0 Å². The molecule has 6 heteroatoms. The van der Waals surface area contributed by atoms with Crippen LogP contribution in [-0.4, -0.2) is 43.7 Å². The smallest absolute Gasteiger partial charge is 0.123 e. The monoisotopic (exact) mass is 368 g/mol. The van der Waals surface area contributed by atoms with Gasteiger partial charge < -0.3 is 10.1 Å². The van der Waals surface area contributed by atoms with Gasteiger partial charge in [-0.2, -0.15) is 0 Å². The van der Waals surface area contributed by atoms with Crippen LogP contribution in [0.2, 0.25) is 0 Å². The van der Waals surface area contributed by atoms with Gasteiger partial charge in [-0.05, 0) is 23.8 Å². The second-order valence-corrected chi connectivity index (χ2v) is 5.66. The highest BCUT2D eigenvalue weighted by Gasteiger charge is 2.25. The zero-order chi connectivity index (χ0) is 11.7. The van der Waals surface area contributed by atoms with Gasteiger partial charge in [-0.25, -0.2) is 0 Å². The van der Waals surface area contributed by atoms with Gasteiger partial charge >= 0.3 is 0 Å². The minimum absolute atomic E-state index is 0. The molecule has 1 N–H and O–H groups in total. The summed E-state index contributed by atoms with van der Waals surface area (Å²) in [6.07, 6.45) is 1.37. The van der Waals surface area contributed by atoms with Crippen molar-refractivity contribution in [3.05, 3.63) is 28.2 Å². The molecule has 1 unspecified atom stereocenters. The third kappa shape index (κ3) is 4.23. The van der Waals surface area contributed by atoms with Gasteiger partial charge in [0.15, 0.2) is 0 Å². The van der Waals surface area contributed by atoms with Crippen molar-refractivity contribution in [2.45, 2.75) is 12.5 Å². The molecule has 2 heterocycles. The minimum Gasteiger partial charge on any atom is -0.488 e. The van der Waals surface area contributed by atoms with Crippen molar-refractivity contribution in [3.8, 4) is 5.75 Å². The summed E-state index contributed by atoms with van der Waals surface area (Å²) >= 11 is 3.51. The minimum atomic E-state index is 0. The number of hydrogen-bond acceptors (Lipinski definition) is 3. The molecule has 0 amide bonds. The van der Waals surface area contributed by atoms with E-state index in [-0.39, 0.29) is 24.8 Å². The Morgan fingerprint density at radius 3 is 2.74 bits per heavy atom. The first-order valence-electron chi connectivity index (χ1n) is 6.19. The van der Waals surface area contributed by atoms with Gasteiger partial charge in [-0.1, -0.05) is 15.9 Å². The van der Waals surface area contributed by atoms with E-state index in [2.05, 4.69) is 38.3 Å². The molecule has 19 heavy (non-hydrogen) atoms. The lowest BCUT2D eigenvalue weighted by atomic mass is 10.1. The summed E-state index contributed by atoms with van der Waals surface area (Å²) in [6.45, 7) is 5.53. The van der Waals surface area contributed by atoms with Crippen molar-refractivity contribution in [1.29, 1.82) is 0 Å². The Labute approximate surface area is 135 Å². The highest BCUT2D eigenvalue weighted by Crippen LogP contribution is 2.31. The predicted molar refractivity (Wildman–Crippen MR) is 86.1 cm³/mol. The van der Waals surface area contributed by atoms with E-state index in [9.17, 15) is 0 Å². The second-order valence-electron chi connectivity index (χ2n) is 4.75.